The van der Waals surface area contributed by atoms with Crippen LogP contribution in [0.4, 0.5) is 5.69 Å². The van der Waals surface area contributed by atoms with Crippen molar-refractivity contribution in [1.82, 2.24) is 10.3 Å². The molecule has 0 saturated heterocycles. The predicted octanol–water partition coefficient (Wildman–Crippen LogP) is 2.51. The first-order valence-electron chi connectivity index (χ1n) is 9.73. The monoisotopic (exact) mass is 379 g/mol. The van der Waals surface area contributed by atoms with Crippen LogP contribution in [0.2, 0.25) is 0 Å². The van der Waals surface area contributed by atoms with E-state index in [0.717, 1.165) is 34.5 Å². The van der Waals surface area contributed by atoms with Crippen molar-refractivity contribution in [3.05, 3.63) is 65.2 Å². The maximum Gasteiger partial charge on any atom is 0.228 e. The average molecular weight is 380 g/mol. The summed E-state index contributed by atoms with van der Waals surface area (Å²) in [5.41, 5.74) is 11.7. The topological polar surface area (TPSA) is 87.6 Å². The lowest BCUT2D eigenvalue weighted by molar-refractivity contribution is -0.118. The van der Waals surface area contributed by atoms with Crippen molar-refractivity contribution in [2.24, 2.45) is 11.6 Å². The Kier molecular flexibility index (Phi) is 6.34. The van der Waals surface area contributed by atoms with Crippen molar-refractivity contribution in [3.63, 3.8) is 0 Å². The van der Waals surface area contributed by atoms with Crippen LogP contribution in [0.3, 0.4) is 0 Å². The molecule has 1 aliphatic heterocycles. The number of fused-ring (bicyclic) bond motifs is 2. The van der Waals surface area contributed by atoms with Crippen LogP contribution >= 0.6 is 0 Å². The second-order valence-electron chi connectivity index (χ2n) is 6.96. The van der Waals surface area contributed by atoms with Gasteiger partial charge in [-0.15, -0.1) is 0 Å². The zero-order chi connectivity index (χ0) is 20.1. The number of carbonyl (C=O) groups excluding carboxylic acids is 1. The molecule has 0 atom stereocenters. The first-order valence-corrected chi connectivity index (χ1v) is 9.73. The van der Waals surface area contributed by atoms with Gasteiger partial charge >= 0.3 is 0 Å². The molecule has 1 heterocycles. The van der Waals surface area contributed by atoms with E-state index in [-0.39, 0.29) is 5.91 Å². The molecular weight excluding hydrogens is 350 g/mol. The Labute approximate surface area is 166 Å². The molecule has 0 saturated carbocycles. The third-order valence-electron chi connectivity index (χ3n) is 4.98. The van der Waals surface area contributed by atoms with Crippen molar-refractivity contribution >= 4 is 23.0 Å². The van der Waals surface area contributed by atoms with Gasteiger partial charge in [0.2, 0.25) is 5.91 Å². The van der Waals surface area contributed by atoms with E-state index in [1.165, 1.54) is 0 Å². The van der Waals surface area contributed by atoms with Gasteiger partial charge in [0.25, 0.3) is 0 Å². The molecule has 1 aliphatic rings. The molecule has 2 aromatic rings. The summed E-state index contributed by atoms with van der Waals surface area (Å²) < 4.78 is 0. The van der Waals surface area contributed by atoms with Crippen LogP contribution in [0.5, 0.6) is 0 Å². The molecule has 148 valence electrons. The van der Waals surface area contributed by atoms with Crippen LogP contribution < -0.4 is 21.8 Å². The van der Waals surface area contributed by atoms with Crippen molar-refractivity contribution in [3.8, 4) is 0 Å². The first-order chi connectivity index (χ1) is 13.6. The van der Waals surface area contributed by atoms with Crippen LogP contribution in [-0.4, -0.2) is 31.1 Å². The molecule has 2 aromatic carbocycles. The molecule has 0 radical (unpaired) electrons. The summed E-state index contributed by atoms with van der Waals surface area (Å²) in [5.74, 6) is 6.49. The minimum Gasteiger partial charge on any atom is -0.396 e. The number of anilines is 1. The summed E-state index contributed by atoms with van der Waals surface area (Å²) >= 11 is 0. The quantitative estimate of drug-likeness (QED) is 0.530. The first kappa shape index (κ1) is 19.9. The number of nitrogens with one attached hydrogen (secondary N) is 1. The van der Waals surface area contributed by atoms with Gasteiger partial charge in [-0.2, -0.15) is 0 Å². The molecule has 28 heavy (non-hydrogen) atoms. The number of benzene rings is 2. The Hall–Kier alpha value is -2.83. The predicted molar refractivity (Wildman–Crippen MR) is 115 cm³/mol. The van der Waals surface area contributed by atoms with Gasteiger partial charge in [-0.25, -0.2) is 5.84 Å². The molecule has 6 heteroatoms. The van der Waals surface area contributed by atoms with E-state index >= 15 is 0 Å². The van der Waals surface area contributed by atoms with Gasteiger partial charge < -0.3 is 21.0 Å². The van der Waals surface area contributed by atoms with Crippen LogP contribution in [0.25, 0.3) is 11.4 Å². The molecule has 0 spiro atoms. The SMILES string of the molecule is CCCN(N)/C1=C(\N)c2ccccc2CN(C(=O)CCNC)c2ccccc21. The molecule has 6 nitrogen and oxygen atoms in total. The van der Waals surface area contributed by atoms with Gasteiger partial charge in [-0.05, 0) is 25.1 Å². The number of rotatable bonds is 6. The lowest BCUT2D eigenvalue weighted by Gasteiger charge is -2.33. The summed E-state index contributed by atoms with van der Waals surface area (Å²) in [4.78, 5) is 14.9. The normalized spacial score (nSPS) is 16.0. The lowest BCUT2D eigenvalue weighted by Crippen LogP contribution is -2.37. The van der Waals surface area contributed by atoms with Crippen LogP contribution in [0, 0.1) is 0 Å². The molecule has 3 rings (SSSR count). The third kappa shape index (κ3) is 3.88. The van der Waals surface area contributed by atoms with E-state index < -0.39 is 0 Å². The van der Waals surface area contributed by atoms with Gasteiger partial charge in [0.15, 0.2) is 0 Å². The Morgan fingerprint density at radius 2 is 1.82 bits per heavy atom. The van der Waals surface area contributed by atoms with Gasteiger partial charge in [0.05, 0.1) is 23.6 Å². The molecule has 0 fully saturated rings. The van der Waals surface area contributed by atoms with E-state index in [9.17, 15) is 4.79 Å². The van der Waals surface area contributed by atoms with Crippen molar-refractivity contribution in [2.75, 3.05) is 25.0 Å². The maximum absolute atomic E-state index is 13.1. The molecule has 0 aliphatic carbocycles. The molecule has 0 unspecified atom stereocenters. The van der Waals surface area contributed by atoms with Gasteiger partial charge in [-0.1, -0.05) is 49.4 Å². The number of hydrazine groups is 1. The molecule has 0 bridgehead atoms. The number of hydrogen-bond acceptors (Lipinski definition) is 5. The Bertz CT molecular complexity index is 877. The van der Waals surface area contributed by atoms with Crippen molar-refractivity contribution < 1.29 is 4.79 Å². The Morgan fingerprint density at radius 1 is 1.14 bits per heavy atom. The minimum atomic E-state index is 0.0653. The summed E-state index contributed by atoms with van der Waals surface area (Å²) in [6, 6.07) is 15.8. The van der Waals surface area contributed by atoms with E-state index in [0.29, 0.717) is 31.8 Å². The molecular formula is C22H29N5O. The zero-order valence-electron chi connectivity index (χ0n) is 16.6. The number of nitrogens with two attached hydrogens (primary N) is 2. The number of carbonyl (C=O) groups is 1. The van der Waals surface area contributed by atoms with Crippen molar-refractivity contribution in [2.45, 2.75) is 26.3 Å². The standard InChI is InChI=1S/C22H29N5O/c1-3-14-27(24)22-18-10-6-7-11-19(18)26(20(28)12-13-25-2)15-16-8-4-5-9-17(16)21(22)23/h4-11,25H,3,12-15,23-24H2,1-2H3/b22-21-. The third-order valence-corrected chi connectivity index (χ3v) is 4.98. The second kappa shape index (κ2) is 8.91. The lowest BCUT2D eigenvalue weighted by atomic mass is 9.95. The summed E-state index contributed by atoms with van der Waals surface area (Å²) in [7, 11) is 1.85. The van der Waals surface area contributed by atoms with E-state index in [1.807, 2.05) is 60.5 Å². The number of nitrogens with zero attached hydrogens (tertiary/aromatic N) is 2. The number of hydrogen-bond donors (Lipinski definition) is 3. The van der Waals surface area contributed by atoms with Gasteiger partial charge in [0.1, 0.15) is 0 Å². The van der Waals surface area contributed by atoms with E-state index in [1.54, 1.807) is 5.01 Å². The van der Waals surface area contributed by atoms with Crippen molar-refractivity contribution in [1.29, 1.82) is 0 Å². The second-order valence-corrected chi connectivity index (χ2v) is 6.96. The van der Waals surface area contributed by atoms with Crippen LogP contribution in [-0.2, 0) is 11.3 Å². The summed E-state index contributed by atoms with van der Waals surface area (Å²) in [6.45, 7) is 3.85. The van der Waals surface area contributed by atoms with Crippen LogP contribution in [0.1, 0.15) is 36.5 Å². The number of para-hydroxylation sites is 1. The summed E-state index contributed by atoms with van der Waals surface area (Å²) in [5, 5.41) is 4.76. The average Bonchev–Trinajstić information content (AvgIpc) is 2.70. The Morgan fingerprint density at radius 3 is 2.54 bits per heavy atom. The minimum absolute atomic E-state index is 0.0653. The molecule has 0 aromatic heterocycles. The smallest absolute Gasteiger partial charge is 0.228 e. The zero-order valence-corrected chi connectivity index (χ0v) is 16.6. The maximum atomic E-state index is 13.1. The summed E-state index contributed by atoms with van der Waals surface area (Å²) in [6.07, 6.45) is 1.31. The highest BCUT2D eigenvalue weighted by Gasteiger charge is 2.27. The fourth-order valence-corrected chi connectivity index (χ4v) is 3.61. The highest BCUT2D eigenvalue weighted by Crippen LogP contribution is 2.37. The number of amides is 1. The van der Waals surface area contributed by atoms with E-state index in [2.05, 4.69) is 12.2 Å². The molecule has 1 amide bonds. The highest BCUT2D eigenvalue weighted by atomic mass is 16.2. The highest BCUT2D eigenvalue weighted by molar-refractivity contribution is 6.01. The fraction of sp³-hybridized carbons (Fsp3) is 0.318. The van der Waals surface area contributed by atoms with Gasteiger partial charge in [-0.3, -0.25) is 4.79 Å². The van der Waals surface area contributed by atoms with E-state index in [4.69, 9.17) is 11.6 Å². The van der Waals surface area contributed by atoms with Crippen LogP contribution in [0.15, 0.2) is 48.5 Å². The fourth-order valence-electron chi connectivity index (χ4n) is 3.61. The largest absolute Gasteiger partial charge is 0.396 e. The molecule has 5 N–H and O–H groups in total. The van der Waals surface area contributed by atoms with Gasteiger partial charge in [0, 0.05) is 30.6 Å². The Balaban J connectivity index is 2.23.